The molecule has 1 N–H and O–H groups in total. The molecule has 5 nitrogen and oxygen atoms in total. The smallest absolute Gasteiger partial charge is 0.261 e. The van der Waals surface area contributed by atoms with E-state index in [1.807, 2.05) is 30.5 Å². The monoisotopic (exact) mass is 316 g/mol. The molecular formula is C16H20N4OS. The molecule has 1 aliphatic heterocycles. The Balaban J connectivity index is 1.68. The lowest BCUT2D eigenvalue weighted by Crippen LogP contribution is -2.31. The Morgan fingerprint density at radius 1 is 1.32 bits per heavy atom. The Bertz CT molecular complexity index is 636. The maximum absolute atomic E-state index is 12.0. The average Bonchev–Trinajstić information content (AvgIpc) is 3.07. The third-order valence-electron chi connectivity index (χ3n) is 3.71. The maximum atomic E-state index is 12.0. The molecule has 2 aromatic heterocycles. The molecule has 1 fully saturated rings. The number of thiophene rings is 1. The van der Waals surface area contributed by atoms with Crippen molar-refractivity contribution < 1.29 is 4.79 Å². The van der Waals surface area contributed by atoms with E-state index in [1.54, 1.807) is 0 Å². The molecule has 0 aliphatic carbocycles. The van der Waals surface area contributed by atoms with Crippen molar-refractivity contribution in [3.63, 3.8) is 0 Å². The van der Waals surface area contributed by atoms with Gasteiger partial charge in [0, 0.05) is 18.8 Å². The van der Waals surface area contributed by atoms with Gasteiger partial charge >= 0.3 is 0 Å². The third kappa shape index (κ3) is 3.62. The van der Waals surface area contributed by atoms with Crippen LogP contribution in [0.15, 0.2) is 23.6 Å². The summed E-state index contributed by atoms with van der Waals surface area (Å²) in [7, 11) is 0. The van der Waals surface area contributed by atoms with Crippen molar-refractivity contribution in [2.45, 2.75) is 32.7 Å². The lowest BCUT2D eigenvalue weighted by atomic mass is 10.1. The third-order valence-corrected chi connectivity index (χ3v) is 4.58. The normalized spacial score (nSPS) is 14.9. The van der Waals surface area contributed by atoms with Gasteiger partial charge in [-0.3, -0.25) is 4.79 Å². The van der Waals surface area contributed by atoms with Crippen molar-refractivity contribution in [1.82, 2.24) is 15.3 Å². The number of anilines is 1. The minimum atomic E-state index is -0.0502. The summed E-state index contributed by atoms with van der Waals surface area (Å²) in [6, 6.07) is 5.63. The highest BCUT2D eigenvalue weighted by Crippen LogP contribution is 2.17. The number of nitrogens with one attached hydrogen (secondary N) is 1. The number of hydrogen-bond acceptors (Lipinski definition) is 5. The van der Waals surface area contributed by atoms with Crippen molar-refractivity contribution in [2.75, 3.05) is 18.0 Å². The van der Waals surface area contributed by atoms with Gasteiger partial charge in [0.1, 0.15) is 0 Å². The van der Waals surface area contributed by atoms with Crippen LogP contribution in [0, 0.1) is 6.92 Å². The van der Waals surface area contributed by atoms with Crippen LogP contribution in [0.3, 0.4) is 0 Å². The summed E-state index contributed by atoms with van der Waals surface area (Å²) < 4.78 is 0. The Kier molecular flexibility index (Phi) is 4.68. The zero-order valence-electron chi connectivity index (χ0n) is 12.7. The number of aromatic nitrogens is 2. The summed E-state index contributed by atoms with van der Waals surface area (Å²) in [5.74, 6) is 0.742. The second kappa shape index (κ2) is 6.87. The standard InChI is InChI=1S/C16H20N4OS/c1-12-10-13(11-17-15(21)14-6-5-9-22-14)19-16(18-12)20-7-3-2-4-8-20/h5-6,9-10H,2-4,7-8,11H2,1H3,(H,17,21). The Morgan fingerprint density at radius 3 is 2.86 bits per heavy atom. The van der Waals surface area contributed by atoms with Crippen LogP contribution in [0.25, 0.3) is 0 Å². The second-order valence-electron chi connectivity index (χ2n) is 5.51. The molecule has 1 aliphatic rings. The van der Waals surface area contributed by atoms with Crippen molar-refractivity contribution in [3.8, 4) is 0 Å². The summed E-state index contributed by atoms with van der Waals surface area (Å²) in [4.78, 5) is 24.1. The van der Waals surface area contributed by atoms with Crippen LogP contribution >= 0.6 is 11.3 Å². The predicted octanol–water partition coefficient (Wildman–Crippen LogP) is 2.77. The molecule has 0 spiro atoms. The molecule has 22 heavy (non-hydrogen) atoms. The Hall–Kier alpha value is -1.95. The van der Waals surface area contributed by atoms with Crippen LogP contribution in [-0.2, 0) is 6.54 Å². The molecule has 1 saturated heterocycles. The zero-order valence-corrected chi connectivity index (χ0v) is 13.5. The van der Waals surface area contributed by atoms with E-state index in [0.29, 0.717) is 6.54 Å². The van der Waals surface area contributed by atoms with Crippen LogP contribution in [0.5, 0.6) is 0 Å². The molecule has 0 unspecified atom stereocenters. The summed E-state index contributed by atoms with van der Waals surface area (Å²) in [5, 5.41) is 4.82. The van der Waals surface area contributed by atoms with Crippen LogP contribution in [0.4, 0.5) is 5.95 Å². The second-order valence-corrected chi connectivity index (χ2v) is 6.46. The topological polar surface area (TPSA) is 58.1 Å². The van der Waals surface area contributed by atoms with Gasteiger partial charge in [-0.1, -0.05) is 6.07 Å². The molecule has 0 aromatic carbocycles. The van der Waals surface area contributed by atoms with Crippen LogP contribution in [0.2, 0.25) is 0 Å². The fourth-order valence-corrected chi connectivity index (χ4v) is 3.25. The average molecular weight is 316 g/mol. The van der Waals surface area contributed by atoms with E-state index in [1.165, 1.54) is 30.6 Å². The lowest BCUT2D eigenvalue weighted by Gasteiger charge is -2.27. The largest absolute Gasteiger partial charge is 0.346 e. The molecule has 2 aromatic rings. The number of amides is 1. The van der Waals surface area contributed by atoms with Crippen LogP contribution < -0.4 is 10.2 Å². The van der Waals surface area contributed by atoms with Gasteiger partial charge in [-0.15, -0.1) is 11.3 Å². The SMILES string of the molecule is Cc1cc(CNC(=O)c2cccs2)nc(N2CCCCC2)n1. The first-order valence-corrected chi connectivity index (χ1v) is 8.51. The summed E-state index contributed by atoms with van der Waals surface area (Å²) in [6.45, 7) is 4.44. The molecule has 1 amide bonds. The first-order valence-electron chi connectivity index (χ1n) is 7.63. The maximum Gasteiger partial charge on any atom is 0.261 e. The van der Waals surface area contributed by atoms with E-state index in [4.69, 9.17) is 0 Å². The van der Waals surface area contributed by atoms with Crippen molar-refractivity contribution in [3.05, 3.63) is 39.8 Å². The van der Waals surface area contributed by atoms with Gasteiger partial charge in [-0.05, 0) is 43.7 Å². The van der Waals surface area contributed by atoms with E-state index < -0.39 is 0 Å². The van der Waals surface area contributed by atoms with E-state index in [9.17, 15) is 4.79 Å². The molecule has 3 heterocycles. The fourth-order valence-electron chi connectivity index (χ4n) is 2.61. The number of aryl methyl sites for hydroxylation is 1. The van der Waals surface area contributed by atoms with Gasteiger partial charge in [-0.25, -0.2) is 9.97 Å². The van der Waals surface area contributed by atoms with Gasteiger partial charge in [-0.2, -0.15) is 0 Å². The lowest BCUT2D eigenvalue weighted by molar-refractivity contribution is 0.0954. The van der Waals surface area contributed by atoms with Gasteiger partial charge < -0.3 is 10.2 Å². The highest BCUT2D eigenvalue weighted by Gasteiger charge is 2.15. The van der Waals surface area contributed by atoms with E-state index >= 15 is 0 Å². The quantitative estimate of drug-likeness (QED) is 0.942. The summed E-state index contributed by atoms with van der Waals surface area (Å²) in [6.07, 6.45) is 3.68. The molecule has 0 radical (unpaired) electrons. The van der Waals surface area contributed by atoms with E-state index in [0.717, 1.165) is 35.3 Å². The van der Waals surface area contributed by atoms with E-state index in [2.05, 4.69) is 20.2 Å². The number of hydrogen-bond donors (Lipinski definition) is 1. The van der Waals surface area contributed by atoms with Crippen molar-refractivity contribution in [1.29, 1.82) is 0 Å². The van der Waals surface area contributed by atoms with E-state index in [-0.39, 0.29) is 5.91 Å². The first-order chi connectivity index (χ1) is 10.7. The fraction of sp³-hybridized carbons (Fsp3) is 0.438. The summed E-state index contributed by atoms with van der Waals surface area (Å²) in [5.41, 5.74) is 1.80. The molecule has 116 valence electrons. The van der Waals surface area contributed by atoms with Gasteiger partial charge in [0.25, 0.3) is 5.91 Å². The molecule has 0 bridgehead atoms. The molecular weight excluding hydrogens is 296 g/mol. The zero-order chi connectivity index (χ0) is 15.4. The minimum absolute atomic E-state index is 0.0502. The van der Waals surface area contributed by atoms with Gasteiger partial charge in [0.15, 0.2) is 0 Å². The number of carbonyl (C=O) groups is 1. The summed E-state index contributed by atoms with van der Waals surface area (Å²) >= 11 is 1.44. The Labute approximate surface area is 134 Å². The number of nitrogens with zero attached hydrogens (tertiary/aromatic N) is 3. The molecule has 3 rings (SSSR count). The minimum Gasteiger partial charge on any atom is -0.346 e. The highest BCUT2D eigenvalue weighted by molar-refractivity contribution is 7.12. The number of carbonyl (C=O) groups excluding carboxylic acids is 1. The van der Waals surface area contributed by atoms with Gasteiger partial charge in [0.05, 0.1) is 17.1 Å². The molecule has 6 heteroatoms. The first kappa shape index (κ1) is 15.0. The van der Waals surface area contributed by atoms with Gasteiger partial charge in [0.2, 0.25) is 5.95 Å². The highest BCUT2D eigenvalue weighted by atomic mass is 32.1. The predicted molar refractivity (Wildman–Crippen MR) is 88.3 cm³/mol. The van der Waals surface area contributed by atoms with Crippen molar-refractivity contribution in [2.24, 2.45) is 0 Å². The van der Waals surface area contributed by atoms with Crippen molar-refractivity contribution >= 4 is 23.2 Å². The molecule has 0 saturated carbocycles. The van der Waals surface area contributed by atoms with Crippen LogP contribution in [0.1, 0.15) is 40.3 Å². The number of piperidine rings is 1. The Morgan fingerprint density at radius 2 is 2.14 bits per heavy atom. The van der Waals surface area contributed by atoms with Crippen LogP contribution in [-0.4, -0.2) is 29.0 Å². The number of rotatable bonds is 4. The molecule has 0 atom stereocenters.